The summed E-state index contributed by atoms with van der Waals surface area (Å²) in [6.07, 6.45) is -13.2. The lowest BCUT2D eigenvalue weighted by Crippen LogP contribution is -2.62. The topological polar surface area (TPSA) is 18.5 Å². The lowest BCUT2D eigenvalue weighted by Gasteiger charge is -2.31. The molecule has 0 aromatic rings. The number of hydrogen-bond acceptors (Lipinski definition) is 2. The van der Waals surface area contributed by atoms with Gasteiger partial charge in [0, 0.05) is 0 Å². The van der Waals surface area contributed by atoms with Crippen LogP contribution in [0.2, 0.25) is 0 Å². The second-order valence-corrected chi connectivity index (χ2v) is 2.34. The summed E-state index contributed by atoms with van der Waals surface area (Å²) in [5.41, 5.74) is 0. The Bertz CT molecular complexity index is 223. The van der Waals surface area contributed by atoms with Crippen LogP contribution < -0.4 is 0 Å². The third kappa shape index (κ3) is 1.90. The molecule has 0 N–H and O–H groups in total. The van der Waals surface area contributed by atoms with Crippen LogP contribution in [-0.2, 0) is 9.88 Å². The maximum Gasteiger partial charge on any atom is 0.456 e. The molecule has 12 heteroatoms. The van der Waals surface area contributed by atoms with Crippen molar-refractivity contribution in [2.24, 2.45) is 0 Å². The molecule has 0 atom stereocenters. The molecule has 0 heterocycles. The molecule has 0 rings (SSSR count). The SMILES string of the molecule is FOC(F)(F)C(F)(F)C(F)(F)C(F)(F)OF. The fraction of sp³-hybridized carbons (Fsp3) is 1.00. The Morgan fingerprint density at radius 2 is 0.688 bits per heavy atom. The number of alkyl halides is 8. The summed E-state index contributed by atoms with van der Waals surface area (Å²) in [5.74, 6) is -14.1. The summed E-state index contributed by atoms with van der Waals surface area (Å²) in [6.45, 7) is 0. The van der Waals surface area contributed by atoms with E-state index in [-0.39, 0.29) is 0 Å². The van der Waals surface area contributed by atoms with Crippen LogP contribution in [0.4, 0.5) is 44.2 Å². The normalized spacial score (nSPS) is 15.4. The Balaban J connectivity index is 5.46. The molecule has 0 aliphatic carbocycles. The van der Waals surface area contributed by atoms with Crippen LogP contribution in [0.25, 0.3) is 0 Å². The first-order chi connectivity index (χ1) is 6.87. The standard InChI is InChI=1S/C4F10O2/c5-1(6,3(9,10)15-13)2(7,8)4(11,12)16-14. The molecule has 0 bridgehead atoms. The van der Waals surface area contributed by atoms with Crippen LogP contribution in [0.5, 0.6) is 0 Å². The second kappa shape index (κ2) is 3.91. The lowest BCUT2D eigenvalue weighted by atomic mass is 10.1. The highest BCUT2D eigenvalue weighted by Gasteiger charge is 2.84. The van der Waals surface area contributed by atoms with E-state index >= 15 is 0 Å². The summed E-state index contributed by atoms with van der Waals surface area (Å²) in [6, 6.07) is 0. The highest BCUT2D eigenvalue weighted by atomic mass is 19.4. The van der Waals surface area contributed by atoms with Gasteiger partial charge >= 0.3 is 24.1 Å². The Hall–Kier alpha value is -0.780. The van der Waals surface area contributed by atoms with Crippen molar-refractivity contribution in [3.05, 3.63) is 0 Å². The number of halogens is 10. The molecule has 0 unspecified atom stereocenters. The predicted octanol–water partition coefficient (Wildman–Crippen LogP) is 3.24. The van der Waals surface area contributed by atoms with Gasteiger partial charge in [-0.3, -0.25) is 0 Å². The molecule has 16 heavy (non-hydrogen) atoms. The van der Waals surface area contributed by atoms with Crippen molar-refractivity contribution in [2.45, 2.75) is 24.1 Å². The lowest BCUT2D eigenvalue weighted by molar-refractivity contribution is -0.512. The quantitative estimate of drug-likeness (QED) is 0.714. The minimum absolute atomic E-state index is 1.15. The first kappa shape index (κ1) is 15.2. The average Bonchev–Trinajstić information content (AvgIpc) is 2.16. The maximum atomic E-state index is 12.1. The second-order valence-electron chi connectivity index (χ2n) is 2.34. The molecule has 0 spiro atoms. The van der Waals surface area contributed by atoms with E-state index in [1.54, 1.807) is 0 Å². The van der Waals surface area contributed by atoms with Gasteiger partial charge in [-0.25, -0.2) is 0 Å². The Morgan fingerprint density at radius 1 is 0.500 bits per heavy atom. The first-order valence-corrected chi connectivity index (χ1v) is 2.98. The van der Waals surface area contributed by atoms with Gasteiger partial charge in [0.25, 0.3) is 0 Å². The molecule has 0 aromatic carbocycles. The van der Waals surface area contributed by atoms with Crippen molar-refractivity contribution < 1.29 is 54.1 Å². The van der Waals surface area contributed by atoms with Crippen LogP contribution in [0.1, 0.15) is 0 Å². The summed E-state index contributed by atoms with van der Waals surface area (Å²) in [5, 5.41) is 0. The summed E-state index contributed by atoms with van der Waals surface area (Å²) < 4.78 is 117. The minimum atomic E-state index is -7.05. The number of rotatable bonds is 5. The van der Waals surface area contributed by atoms with E-state index in [4.69, 9.17) is 0 Å². The third-order valence-electron chi connectivity index (χ3n) is 1.32. The monoisotopic (exact) mass is 270 g/mol. The molecule has 0 aromatic heterocycles. The zero-order chi connectivity index (χ0) is 13.4. The van der Waals surface area contributed by atoms with Crippen molar-refractivity contribution in [3.63, 3.8) is 0 Å². The van der Waals surface area contributed by atoms with E-state index in [2.05, 4.69) is 0 Å². The molecular formula is C4F10O2. The van der Waals surface area contributed by atoms with E-state index in [9.17, 15) is 44.2 Å². The molecule has 0 fully saturated rings. The molecule has 0 aliphatic heterocycles. The van der Waals surface area contributed by atoms with Gasteiger partial charge in [-0.1, -0.05) is 0 Å². The van der Waals surface area contributed by atoms with E-state index in [0.717, 1.165) is 9.88 Å². The van der Waals surface area contributed by atoms with Crippen molar-refractivity contribution in [3.8, 4) is 0 Å². The average molecular weight is 270 g/mol. The molecule has 0 amide bonds. The van der Waals surface area contributed by atoms with Gasteiger partial charge in [0.15, 0.2) is 0 Å². The first-order valence-electron chi connectivity index (χ1n) is 2.98. The van der Waals surface area contributed by atoms with Gasteiger partial charge < -0.3 is 0 Å². The minimum Gasteiger partial charge on any atom is -0.189 e. The number of hydrogen-bond donors (Lipinski definition) is 0. The Morgan fingerprint density at radius 3 is 0.812 bits per heavy atom. The van der Waals surface area contributed by atoms with Gasteiger partial charge in [-0.05, 0) is 9.05 Å². The highest BCUT2D eigenvalue weighted by molar-refractivity contribution is 4.96. The van der Waals surface area contributed by atoms with Crippen molar-refractivity contribution in [1.29, 1.82) is 0 Å². The predicted molar refractivity (Wildman–Crippen MR) is 24.2 cm³/mol. The fourth-order valence-electron chi connectivity index (χ4n) is 0.462. The smallest absolute Gasteiger partial charge is 0.189 e. The molecule has 2 nitrogen and oxygen atoms in total. The van der Waals surface area contributed by atoms with Crippen molar-refractivity contribution in [1.82, 2.24) is 0 Å². The van der Waals surface area contributed by atoms with Crippen LogP contribution in [-0.4, -0.2) is 24.1 Å². The van der Waals surface area contributed by atoms with E-state index in [1.165, 1.54) is 0 Å². The zero-order valence-corrected chi connectivity index (χ0v) is 6.60. The van der Waals surface area contributed by atoms with Gasteiger partial charge in [0.05, 0.1) is 0 Å². The molecule has 0 saturated heterocycles. The largest absolute Gasteiger partial charge is 0.456 e. The molecule has 0 aliphatic rings. The molecular weight excluding hydrogens is 270 g/mol. The van der Waals surface area contributed by atoms with Crippen molar-refractivity contribution >= 4 is 0 Å². The Labute approximate surface area is 79.5 Å². The van der Waals surface area contributed by atoms with Crippen LogP contribution in [0.15, 0.2) is 0 Å². The van der Waals surface area contributed by atoms with Gasteiger partial charge in [0.1, 0.15) is 0 Å². The van der Waals surface area contributed by atoms with Crippen LogP contribution in [0, 0.1) is 0 Å². The van der Waals surface area contributed by atoms with Gasteiger partial charge in [0.2, 0.25) is 0 Å². The zero-order valence-electron chi connectivity index (χ0n) is 6.60. The van der Waals surface area contributed by atoms with E-state index < -0.39 is 24.1 Å². The highest BCUT2D eigenvalue weighted by Crippen LogP contribution is 2.53. The molecule has 0 saturated carbocycles. The van der Waals surface area contributed by atoms with E-state index in [0.29, 0.717) is 0 Å². The van der Waals surface area contributed by atoms with Gasteiger partial charge in [-0.2, -0.15) is 35.1 Å². The van der Waals surface area contributed by atoms with E-state index in [1.807, 2.05) is 0 Å². The van der Waals surface area contributed by atoms with Crippen molar-refractivity contribution in [2.75, 3.05) is 0 Å². The fourth-order valence-corrected chi connectivity index (χ4v) is 0.462. The third-order valence-corrected chi connectivity index (χ3v) is 1.32. The van der Waals surface area contributed by atoms with Crippen LogP contribution >= 0.6 is 0 Å². The molecule has 0 radical (unpaired) electrons. The Kier molecular flexibility index (Phi) is 3.72. The van der Waals surface area contributed by atoms with Gasteiger partial charge in [-0.15, -0.1) is 9.88 Å². The maximum absolute atomic E-state index is 12.1. The summed E-state index contributed by atoms with van der Waals surface area (Å²) >= 11 is 0. The summed E-state index contributed by atoms with van der Waals surface area (Å²) in [4.78, 5) is 2.31. The molecule has 98 valence electrons. The summed E-state index contributed by atoms with van der Waals surface area (Å²) in [7, 11) is 0. The van der Waals surface area contributed by atoms with Crippen LogP contribution in [0.3, 0.4) is 0 Å².